The zero-order chi connectivity index (χ0) is 16.7. The fourth-order valence-electron chi connectivity index (χ4n) is 2.28. The van der Waals surface area contributed by atoms with E-state index in [-0.39, 0.29) is 17.4 Å². The van der Waals surface area contributed by atoms with Gasteiger partial charge in [0, 0.05) is 17.3 Å². The molecule has 1 aromatic heterocycles. The Morgan fingerprint density at radius 2 is 1.91 bits per heavy atom. The van der Waals surface area contributed by atoms with Crippen LogP contribution >= 0.6 is 11.3 Å². The summed E-state index contributed by atoms with van der Waals surface area (Å²) in [4.78, 5) is 26.7. The molecular weight excluding hydrogens is 298 g/mol. The maximum Gasteiger partial charge on any atom is 0.338 e. The molecule has 0 radical (unpaired) electrons. The summed E-state index contributed by atoms with van der Waals surface area (Å²) in [6.45, 7) is 8.46. The molecule has 0 aliphatic carbocycles. The van der Waals surface area contributed by atoms with Crippen molar-refractivity contribution in [3.8, 4) is 0 Å². The van der Waals surface area contributed by atoms with Crippen molar-refractivity contribution in [2.24, 2.45) is 5.92 Å². The molecule has 5 heteroatoms. The van der Waals surface area contributed by atoms with Crippen LogP contribution in [0.2, 0.25) is 0 Å². The number of carboxylic acid groups (broad SMARTS) is 1. The normalized spacial score (nSPS) is 11.0. The van der Waals surface area contributed by atoms with Crippen molar-refractivity contribution in [2.45, 2.75) is 59.8 Å². The Hall–Kier alpha value is -1.36. The fraction of sp³-hybridized carbons (Fsp3) is 0.647. The van der Waals surface area contributed by atoms with Gasteiger partial charge in [0.05, 0.1) is 5.56 Å². The van der Waals surface area contributed by atoms with E-state index in [0.29, 0.717) is 11.5 Å². The number of nitrogens with zero attached hydrogens (tertiary/aromatic N) is 1. The Morgan fingerprint density at radius 1 is 1.23 bits per heavy atom. The lowest BCUT2D eigenvalue weighted by molar-refractivity contribution is -0.121. The molecule has 1 amide bonds. The van der Waals surface area contributed by atoms with Crippen LogP contribution in [0.1, 0.15) is 68.6 Å². The zero-order valence-corrected chi connectivity index (χ0v) is 14.8. The number of carbonyl (C=O) groups excluding carboxylic acids is 1. The van der Waals surface area contributed by atoms with E-state index in [9.17, 15) is 14.7 Å². The number of carboxylic acids is 1. The van der Waals surface area contributed by atoms with Gasteiger partial charge in [0.1, 0.15) is 5.00 Å². The standard InChI is InChI=1S/C17H27NO3S/c1-5-7-8-9-10-18(15(19)12(3)4)16-14(17(20)21)11-13(6-2)22-16/h11-12H,5-10H2,1-4H3,(H,20,21). The molecule has 1 N–H and O–H groups in total. The van der Waals surface area contributed by atoms with Crippen molar-refractivity contribution in [1.29, 1.82) is 0 Å². The molecule has 22 heavy (non-hydrogen) atoms. The Morgan fingerprint density at radius 3 is 2.41 bits per heavy atom. The van der Waals surface area contributed by atoms with Crippen molar-refractivity contribution < 1.29 is 14.7 Å². The SMILES string of the molecule is CCCCCCN(C(=O)C(C)C)c1sc(CC)cc1C(=O)O. The first-order chi connectivity index (χ1) is 10.4. The lowest BCUT2D eigenvalue weighted by Crippen LogP contribution is -2.35. The van der Waals surface area contributed by atoms with Crippen molar-refractivity contribution in [3.05, 3.63) is 16.5 Å². The van der Waals surface area contributed by atoms with Gasteiger partial charge in [0.25, 0.3) is 0 Å². The maximum atomic E-state index is 12.5. The van der Waals surface area contributed by atoms with Crippen molar-refractivity contribution >= 4 is 28.2 Å². The van der Waals surface area contributed by atoms with Crippen molar-refractivity contribution in [3.63, 3.8) is 0 Å². The molecule has 1 rings (SSSR count). The second-order valence-electron chi connectivity index (χ2n) is 5.80. The number of hydrogen-bond acceptors (Lipinski definition) is 3. The molecule has 0 aliphatic rings. The van der Waals surface area contributed by atoms with Crippen molar-refractivity contribution in [2.75, 3.05) is 11.4 Å². The Labute approximate surface area is 137 Å². The first-order valence-electron chi connectivity index (χ1n) is 8.09. The van der Waals surface area contributed by atoms with Gasteiger partial charge in [-0.3, -0.25) is 4.79 Å². The van der Waals surface area contributed by atoms with Crippen LogP contribution < -0.4 is 4.90 Å². The molecule has 0 aliphatic heterocycles. The third kappa shape index (κ3) is 4.83. The van der Waals surface area contributed by atoms with E-state index in [1.807, 2.05) is 20.8 Å². The highest BCUT2D eigenvalue weighted by Gasteiger charge is 2.25. The van der Waals surface area contributed by atoms with Gasteiger partial charge in [0.15, 0.2) is 0 Å². The lowest BCUT2D eigenvalue weighted by Gasteiger charge is -2.24. The third-order valence-corrected chi connectivity index (χ3v) is 4.89. The van der Waals surface area contributed by atoms with Gasteiger partial charge >= 0.3 is 5.97 Å². The van der Waals surface area contributed by atoms with Crippen LogP contribution in [0.3, 0.4) is 0 Å². The molecule has 0 saturated carbocycles. The number of amides is 1. The molecule has 1 heterocycles. The summed E-state index contributed by atoms with van der Waals surface area (Å²) in [5, 5.41) is 10.0. The molecule has 0 aromatic carbocycles. The van der Waals surface area contributed by atoms with Gasteiger partial charge in [0.2, 0.25) is 5.91 Å². The topological polar surface area (TPSA) is 57.6 Å². The minimum atomic E-state index is -0.957. The lowest BCUT2D eigenvalue weighted by atomic mass is 10.1. The van der Waals surface area contributed by atoms with E-state index in [0.717, 1.165) is 37.0 Å². The average Bonchev–Trinajstić information content (AvgIpc) is 2.91. The van der Waals surface area contributed by atoms with Crippen LogP contribution in [0.15, 0.2) is 6.07 Å². The molecule has 0 fully saturated rings. The number of unbranched alkanes of at least 4 members (excludes halogenated alkanes) is 3. The quantitative estimate of drug-likeness (QED) is 0.676. The Balaban J connectivity index is 3.06. The molecular formula is C17H27NO3S. The molecule has 4 nitrogen and oxygen atoms in total. The van der Waals surface area contributed by atoms with Gasteiger partial charge in [-0.1, -0.05) is 47.0 Å². The molecule has 0 unspecified atom stereocenters. The number of anilines is 1. The number of aryl methyl sites for hydroxylation is 1. The summed E-state index contributed by atoms with van der Waals surface area (Å²) in [6, 6.07) is 1.70. The third-order valence-electron chi connectivity index (χ3n) is 3.58. The van der Waals surface area contributed by atoms with E-state index in [1.165, 1.54) is 11.3 Å². The summed E-state index contributed by atoms with van der Waals surface area (Å²) in [6.07, 6.45) is 5.03. The van der Waals surface area contributed by atoms with Crippen LogP contribution in [0, 0.1) is 5.92 Å². The van der Waals surface area contributed by atoms with Gasteiger partial charge in [-0.05, 0) is 18.9 Å². The van der Waals surface area contributed by atoms with Crippen molar-refractivity contribution in [1.82, 2.24) is 0 Å². The van der Waals surface area contributed by atoms with Crippen LogP contribution in [-0.2, 0) is 11.2 Å². The second kappa shape index (κ2) is 8.93. The summed E-state index contributed by atoms with van der Waals surface area (Å²) < 4.78 is 0. The van der Waals surface area contributed by atoms with Gasteiger partial charge in [-0.2, -0.15) is 0 Å². The number of hydrogen-bond donors (Lipinski definition) is 1. The predicted octanol–water partition coefficient (Wildman–Crippen LogP) is 4.58. The van der Waals surface area contributed by atoms with E-state index in [1.54, 1.807) is 11.0 Å². The summed E-state index contributed by atoms with van der Waals surface area (Å²) in [7, 11) is 0. The molecule has 0 bridgehead atoms. The number of thiophene rings is 1. The Bertz CT molecular complexity index is 508. The predicted molar refractivity (Wildman–Crippen MR) is 92.0 cm³/mol. The number of aromatic carboxylic acids is 1. The number of rotatable bonds is 9. The zero-order valence-electron chi connectivity index (χ0n) is 14.0. The summed E-state index contributed by atoms with van der Waals surface area (Å²) >= 11 is 1.43. The highest BCUT2D eigenvalue weighted by molar-refractivity contribution is 7.16. The monoisotopic (exact) mass is 325 g/mol. The van der Waals surface area contributed by atoms with Gasteiger partial charge in [-0.15, -0.1) is 11.3 Å². The average molecular weight is 325 g/mol. The van der Waals surface area contributed by atoms with E-state index in [2.05, 4.69) is 6.92 Å². The molecule has 0 saturated heterocycles. The second-order valence-corrected chi connectivity index (χ2v) is 6.91. The van der Waals surface area contributed by atoms with Gasteiger partial charge < -0.3 is 10.0 Å². The smallest absolute Gasteiger partial charge is 0.338 e. The summed E-state index contributed by atoms with van der Waals surface area (Å²) in [5.74, 6) is -1.09. The summed E-state index contributed by atoms with van der Waals surface area (Å²) in [5.41, 5.74) is 0.256. The fourth-order valence-corrected chi connectivity index (χ4v) is 3.40. The van der Waals surface area contributed by atoms with E-state index < -0.39 is 5.97 Å². The number of carbonyl (C=O) groups is 2. The largest absolute Gasteiger partial charge is 0.478 e. The molecule has 124 valence electrons. The molecule has 0 spiro atoms. The highest BCUT2D eigenvalue weighted by atomic mass is 32.1. The van der Waals surface area contributed by atoms with Gasteiger partial charge in [-0.25, -0.2) is 4.79 Å². The molecule has 0 atom stereocenters. The Kier molecular flexibility index (Phi) is 7.59. The van der Waals surface area contributed by atoms with Crippen LogP contribution in [-0.4, -0.2) is 23.5 Å². The first-order valence-corrected chi connectivity index (χ1v) is 8.91. The van der Waals surface area contributed by atoms with E-state index in [4.69, 9.17) is 0 Å². The molecule has 1 aromatic rings. The van der Waals surface area contributed by atoms with E-state index >= 15 is 0 Å². The highest BCUT2D eigenvalue weighted by Crippen LogP contribution is 2.33. The van der Waals surface area contributed by atoms with Crippen LogP contribution in [0.5, 0.6) is 0 Å². The maximum absolute atomic E-state index is 12.5. The van der Waals surface area contributed by atoms with Crippen LogP contribution in [0.4, 0.5) is 5.00 Å². The van der Waals surface area contributed by atoms with Crippen LogP contribution in [0.25, 0.3) is 0 Å². The minimum absolute atomic E-state index is 0.00324. The first kappa shape index (κ1) is 18.7. The minimum Gasteiger partial charge on any atom is -0.478 e.